The number of carbonyl (C=O) groups is 2. The first-order valence-electron chi connectivity index (χ1n) is 10.8. The van der Waals surface area contributed by atoms with E-state index in [1.54, 1.807) is 30.3 Å². The second-order valence-corrected chi connectivity index (χ2v) is 7.48. The zero-order valence-corrected chi connectivity index (χ0v) is 19.8. The Morgan fingerprint density at radius 1 is 1.03 bits per heavy atom. The van der Waals surface area contributed by atoms with Gasteiger partial charge in [-0.25, -0.2) is 9.78 Å². The summed E-state index contributed by atoms with van der Waals surface area (Å²) in [7, 11) is 1.78. The molecule has 0 bridgehead atoms. The minimum Gasteiger partial charge on any atom is -0.475 e. The third kappa shape index (κ3) is 8.32. The highest BCUT2D eigenvalue weighted by Crippen LogP contribution is 2.31. The van der Waals surface area contributed by atoms with Crippen LogP contribution in [0, 0.1) is 0 Å². The molecule has 0 spiro atoms. The topological polar surface area (TPSA) is 95.4 Å². The summed E-state index contributed by atoms with van der Waals surface area (Å²) >= 11 is 0. The van der Waals surface area contributed by atoms with E-state index in [2.05, 4.69) is 21.9 Å². The molecule has 0 aliphatic rings. The zero-order chi connectivity index (χ0) is 28.5. The number of hydrogen-bond acceptors (Lipinski definition) is 5. The number of carboxylic acids is 1. The Morgan fingerprint density at radius 3 is 2.13 bits per heavy atom. The summed E-state index contributed by atoms with van der Waals surface area (Å²) < 4.78 is 70.0. The zero-order valence-electron chi connectivity index (χ0n) is 19.8. The number of aromatic nitrogens is 2. The van der Waals surface area contributed by atoms with Gasteiger partial charge in [-0.2, -0.15) is 26.3 Å². The van der Waals surface area contributed by atoms with Crippen LogP contribution in [0.25, 0.3) is 11.3 Å². The highest BCUT2D eigenvalue weighted by atomic mass is 19.4. The summed E-state index contributed by atoms with van der Waals surface area (Å²) in [6.07, 6.45) is -4.47. The maximum Gasteiger partial charge on any atom is 0.490 e. The number of nitrogens with zero attached hydrogens (tertiary/aromatic N) is 3. The van der Waals surface area contributed by atoms with Crippen molar-refractivity contribution in [1.82, 2.24) is 9.97 Å². The fourth-order valence-corrected chi connectivity index (χ4v) is 3.12. The first-order chi connectivity index (χ1) is 17.8. The lowest BCUT2D eigenvalue weighted by molar-refractivity contribution is -0.192. The molecular formula is C25H22F6N4O3. The van der Waals surface area contributed by atoms with Crippen molar-refractivity contribution in [2.45, 2.75) is 18.8 Å². The molecule has 3 aromatic rings. The van der Waals surface area contributed by atoms with E-state index in [-0.39, 0.29) is 5.91 Å². The number of halogens is 6. The Labute approximate surface area is 213 Å². The second-order valence-electron chi connectivity index (χ2n) is 7.48. The first-order valence-corrected chi connectivity index (χ1v) is 10.8. The summed E-state index contributed by atoms with van der Waals surface area (Å²) in [6, 6.07) is 11.9. The van der Waals surface area contributed by atoms with Gasteiger partial charge in [0.15, 0.2) is 0 Å². The second kappa shape index (κ2) is 12.7. The van der Waals surface area contributed by atoms with Gasteiger partial charge < -0.3 is 15.3 Å². The Bertz CT molecular complexity index is 1240. The standard InChI is InChI=1S/C23H21F3N4O.C2HF3O2/c1-3-21(31)30(14-12-17-5-4-13-28-22(17)27-2)19-10-11-20(29-15-19)16-6-8-18(9-7-16)23(24,25)26;3-2(4,5)1(6)7/h3-11,13,15H,1,12,14H2,2H3,(H,27,28);(H,6,7). The molecule has 2 N–H and O–H groups in total. The lowest BCUT2D eigenvalue weighted by Gasteiger charge is -2.22. The number of carbonyl (C=O) groups excluding carboxylic acids is 1. The number of alkyl halides is 6. The lowest BCUT2D eigenvalue weighted by atomic mass is 10.1. The van der Waals surface area contributed by atoms with Crippen LogP contribution in [0.15, 0.2) is 73.6 Å². The SMILES string of the molecule is C=CC(=O)N(CCc1cccnc1NC)c1ccc(-c2ccc(C(F)(F)F)cc2)nc1.O=C(O)C(F)(F)F. The quantitative estimate of drug-likeness (QED) is 0.299. The Hall–Kier alpha value is -4.42. The molecule has 0 aliphatic carbocycles. The molecule has 1 aromatic carbocycles. The maximum atomic E-state index is 12.7. The predicted octanol–water partition coefficient (Wildman–Crippen LogP) is 5.60. The number of pyridine rings is 2. The molecule has 0 unspecified atom stereocenters. The Balaban J connectivity index is 0.000000638. The van der Waals surface area contributed by atoms with E-state index < -0.39 is 23.9 Å². The number of anilines is 2. The summed E-state index contributed by atoms with van der Waals surface area (Å²) in [5.74, 6) is -2.30. The average Bonchev–Trinajstić information content (AvgIpc) is 2.88. The molecule has 0 saturated carbocycles. The van der Waals surface area contributed by atoms with Crippen molar-refractivity contribution in [2.75, 3.05) is 23.8 Å². The van der Waals surface area contributed by atoms with Gasteiger partial charge in [0.1, 0.15) is 5.82 Å². The maximum absolute atomic E-state index is 12.7. The van der Waals surface area contributed by atoms with E-state index in [0.29, 0.717) is 29.9 Å². The summed E-state index contributed by atoms with van der Waals surface area (Å²) in [5.41, 5.74) is 1.87. The molecule has 202 valence electrons. The van der Waals surface area contributed by atoms with E-state index in [1.165, 1.54) is 24.4 Å². The molecule has 0 atom stereocenters. The number of benzene rings is 1. The van der Waals surface area contributed by atoms with Crippen molar-refractivity contribution in [3.05, 3.63) is 84.7 Å². The van der Waals surface area contributed by atoms with Crippen LogP contribution in [0.2, 0.25) is 0 Å². The van der Waals surface area contributed by atoms with Crippen molar-refractivity contribution < 1.29 is 41.0 Å². The molecule has 0 aliphatic heterocycles. The first kappa shape index (κ1) is 29.8. The molecule has 2 heterocycles. The lowest BCUT2D eigenvalue weighted by Crippen LogP contribution is -2.31. The van der Waals surface area contributed by atoms with Crippen molar-refractivity contribution in [2.24, 2.45) is 0 Å². The van der Waals surface area contributed by atoms with Crippen LogP contribution in [-0.4, -0.2) is 46.7 Å². The largest absolute Gasteiger partial charge is 0.490 e. The van der Waals surface area contributed by atoms with Crippen LogP contribution in [0.3, 0.4) is 0 Å². The summed E-state index contributed by atoms with van der Waals surface area (Å²) in [4.78, 5) is 31.5. The average molecular weight is 540 g/mol. The van der Waals surface area contributed by atoms with Crippen LogP contribution in [0.1, 0.15) is 11.1 Å². The Kier molecular flexibility index (Phi) is 9.96. The minimum absolute atomic E-state index is 0.279. The van der Waals surface area contributed by atoms with Crippen LogP contribution >= 0.6 is 0 Å². The number of hydrogen-bond donors (Lipinski definition) is 2. The number of rotatable bonds is 7. The third-order valence-corrected chi connectivity index (χ3v) is 4.98. The summed E-state index contributed by atoms with van der Waals surface area (Å²) in [6.45, 7) is 3.94. The fourth-order valence-electron chi connectivity index (χ4n) is 3.12. The molecular weight excluding hydrogens is 518 g/mol. The number of nitrogens with one attached hydrogen (secondary N) is 1. The number of aliphatic carboxylic acids is 1. The predicted molar refractivity (Wildman–Crippen MR) is 128 cm³/mol. The molecule has 38 heavy (non-hydrogen) atoms. The summed E-state index contributed by atoms with van der Waals surface area (Å²) in [5, 5.41) is 10.1. The van der Waals surface area contributed by atoms with E-state index in [1.807, 2.05) is 12.1 Å². The minimum atomic E-state index is -5.08. The van der Waals surface area contributed by atoms with E-state index >= 15 is 0 Å². The van der Waals surface area contributed by atoms with Crippen molar-refractivity contribution in [1.29, 1.82) is 0 Å². The van der Waals surface area contributed by atoms with Gasteiger partial charge in [0.25, 0.3) is 0 Å². The Morgan fingerprint density at radius 2 is 1.66 bits per heavy atom. The van der Waals surface area contributed by atoms with Gasteiger partial charge in [-0.05, 0) is 48.4 Å². The molecule has 0 saturated heterocycles. The number of amides is 1. The molecule has 1 amide bonds. The van der Waals surface area contributed by atoms with E-state index in [9.17, 15) is 31.1 Å². The molecule has 13 heteroatoms. The normalized spacial score (nSPS) is 11.1. The van der Waals surface area contributed by atoms with E-state index in [4.69, 9.17) is 9.90 Å². The third-order valence-electron chi connectivity index (χ3n) is 4.98. The van der Waals surface area contributed by atoms with Gasteiger partial charge in [-0.15, -0.1) is 0 Å². The fraction of sp³-hybridized carbons (Fsp3) is 0.200. The van der Waals surface area contributed by atoms with E-state index in [0.717, 1.165) is 23.5 Å². The van der Waals surface area contributed by atoms with Crippen molar-refractivity contribution >= 4 is 23.4 Å². The van der Waals surface area contributed by atoms with Gasteiger partial charge in [0, 0.05) is 25.4 Å². The van der Waals surface area contributed by atoms with Crippen LogP contribution in [0.5, 0.6) is 0 Å². The molecule has 0 radical (unpaired) electrons. The van der Waals surface area contributed by atoms with Crippen LogP contribution in [-0.2, 0) is 22.2 Å². The van der Waals surface area contributed by atoms with Gasteiger partial charge >= 0.3 is 18.3 Å². The van der Waals surface area contributed by atoms with Gasteiger partial charge in [-0.3, -0.25) is 9.78 Å². The van der Waals surface area contributed by atoms with Gasteiger partial charge in [-0.1, -0.05) is 24.8 Å². The van der Waals surface area contributed by atoms with Crippen molar-refractivity contribution in [3.63, 3.8) is 0 Å². The van der Waals surface area contributed by atoms with Crippen molar-refractivity contribution in [3.8, 4) is 11.3 Å². The monoisotopic (exact) mass is 540 g/mol. The molecule has 3 rings (SSSR count). The molecule has 0 fully saturated rings. The highest BCUT2D eigenvalue weighted by Gasteiger charge is 2.38. The molecule has 2 aromatic heterocycles. The molecule has 7 nitrogen and oxygen atoms in total. The van der Waals surface area contributed by atoms with Crippen LogP contribution < -0.4 is 10.2 Å². The van der Waals surface area contributed by atoms with Crippen LogP contribution in [0.4, 0.5) is 37.8 Å². The smallest absolute Gasteiger partial charge is 0.475 e. The highest BCUT2D eigenvalue weighted by molar-refractivity contribution is 6.01. The number of carboxylic acid groups (broad SMARTS) is 1. The van der Waals surface area contributed by atoms with Gasteiger partial charge in [0.05, 0.1) is 23.1 Å². The van der Waals surface area contributed by atoms with Gasteiger partial charge in [0.2, 0.25) is 5.91 Å².